The third kappa shape index (κ3) is 1.14. The van der Waals surface area contributed by atoms with Crippen molar-refractivity contribution in [2.75, 3.05) is 0 Å². The predicted octanol–water partition coefficient (Wildman–Crippen LogP) is 0.365. The van der Waals surface area contributed by atoms with E-state index in [0.29, 0.717) is 11.1 Å². The van der Waals surface area contributed by atoms with Gasteiger partial charge >= 0.3 is 0 Å². The quantitative estimate of drug-likeness (QED) is 0.658. The van der Waals surface area contributed by atoms with Gasteiger partial charge in [0, 0.05) is 6.20 Å². The van der Waals surface area contributed by atoms with Gasteiger partial charge in [-0.2, -0.15) is 0 Å². The number of aryl methyl sites for hydroxylation is 1. The van der Waals surface area contributed by atoms with Crippen LogP contribution in [0.15, 0.2) is 12.4 Å². The average molecular weight is 176 g/mol. The molecule has 2 rings (SSSR count). The Kier molecular flexibility index (Phi) is 1.51. The lowest BCUT2D eigenvalue weighted by Crippen LogP contribution is -2.11. The fraction of sp³-hybridized carbons (Fsp3) is 0.125. The van der Waals surface area contributed by atoms with E-state index in [-0.39, 0.29) is 0 Å². The number of aromatic amines is 1. The second kappa shape index (κ2) is 2.55. The normalized spacial score (nSPS) is 10.5. The van der Waals surface area contributed by atoms with E-state index in [1.54, 1.807) is 6.20 Å². The van der Waals surface area contributed by atoms with Crippen LogP contribution in [0.1, 0.15) is 16.2 Å². The molecule has 0 radical (unpaired) electrons. The summed E-state index contributed by atoms with van der Waals surface area (Å²) in [7, 11) is 0. The maximum absolute atomic E-state index is 11.0. The number of fused-ring (bicyclic) bond motifs is 1. The highest BCUT2D eigenvalue weighted by Gasteiger charge is 2.09. The first kappa shape index (κ1) is 7.72. The van der Waals surface area contributed by atoms with E-state index < -0.39 is 5.91 Å². The first-order chi connectivity index (χ1) is 6.18. The largest absolute Gasteiger partial charge is 0.365 e. The Labute approximate surface area is 74.0 Å². The fourth-order valence-corrected chi connectivity index (χ4v) is 1.24. The van der Waals surface area contributed by atoms with Crippen molar-refractivity contribution in [3.63, 3.8) is 0 Å². The first-order valence-electron chi connectivity index (χ1n) is 3.78. The summed E-state index contributed by atoms with van der Waals surface area (Å²) < 4.78 is 0. The molecule has 0 aliphatic heterocycles. The molecule has 0 unspecified atom stereocenters. The van der Waals surface area contributed by atoms with Crippen molar-refractivity contribution in [2.24, 2.45) is 5.73 Å². The number of hydrogen-bond donors (Lipinski definition) is 2. The number of nitrogens with zero attached hydrogens (tertiary/aromatic N) is 2. The molecule has 2 heterocycles. The lowest BCUT2D eigenvalue weighted by Gasteiger charge is -1.93. The van der Waals surface area contributed by atoms with Gasteiger partial charge in [-0.05, 0) is 6.92 Å². The van der Waals surface area contributed by atoms with Crippen LogP contribution in [0.4, 0.5) is 0 Å². The summed E-state index contributed by atoms with van der Waals surface area (Å²) in [5.41, 5.74) is 6.82. The molecule has 0 saturated heterocycles. The highest BCUT2D eigenvalue weighted by molar-refractivity contribution is 6.03. The smallest absolute Gasteiger partial charge is 0.252 e. The van der Waals surface area contributed by atoms with E-state index >= 15 is 0 Å². The summed E-state index contributed by atoms with van der Waals surface area (Å²) in [5.74, 6) is 0.232. The Bertz CT molecular complexity index is 474. The fourth-order valence-electron chi connectivity index (χ4n) is 1.24. The van der Waals surface area contributed by atoms with Crippen LogP contribution in [-0.4, -0.2) is 20.9 Å². The zero-order valence-electron chi connectivity index (χ0n) is 7.03. The molecular weight excluding hydrogens is 168 g/mol. The molecule has 1 amide bonds. The number of rotatable bonds is 1. The Balaban J connectivity index is 2.82. The summed E-state index contributed by atoms with van der Waals surface area (Å²) in [6.45, 7) is 1.81. The zero-order valence-corrected chi connectivity index (χ0v) is 7.03. The SMILES string of the molecule is Cc1nc2c(C(N)=O)cncc2[nH]1. The molecule has 0 saturated carbocycles. The highest BCUT2D eigenvalue weighted by Crippen LogP contribution is 2.13. The molecule has 3 N–H and O–H groups in total. The maximum Gasteiger partial charge on any atom is 0.252 e. The van der Waals surface area contributed by atoms with E-state index in [0.717, 1.165) is 11.3 Å². The molecule has 0 spiro atoms. The van der Waals surface area contributed by atoms with E-state index in [1.807, 2.05) is 6.92 Å². The Morgan fingerprint density at radius 3 is 3.00 bits per heavy atom. The highest BCUT2D eigenvalue weighted by atomic mass is 16.1. The third-order valence-electron chi connectivity index (χ3n) is 1.78. The standard InChI is InChI=1S/C8H8N4O/c1-4-11-6-3-10-2-5(8(9)13)7(6)12-4/h2-3H,1H3,(H2,9,13)(H,11,12). The molecule has 0 aromatic carbocycles. The van der Waals surface area contributed by atoms with Crippen molar-refractivity contribution in [1.82, 2.24) is 15.0 Å². The number of H-pyrrole nitrogens is 1. The van der Waals surface area contributed by atoms with Crippen LogP contribution >= 0.6 is 0 Å². The molecule has 5 nitrogen and oxygen atoms in total. The Morgan fingerprint density at radius 1 is 1.54 bits per heavy atom. The summed E-state index contributed by atoms with van der Waals surface area (Å²) in [4.78, 5) is 21.9. The van der Waals surface area contributed by atoms with Crippen LogP contribution in [0.2, 0.25) is 0 Å². The number of hydrogen-bond acceptors (Lipinski definition) is 3. The number of pyridine rings is 1. The van der Waals surface area contributed by atoms with E-state index in [4.69, 9.17) is 5.73 Å². The summed E-state index contributed by atoms with van der Waals surface area (Å²) in [6, 6.07) is 0. The molecule has 2 aromatic rings. The van der Waals surface area contributed by atoms with Crippen molar-refractivity contribution < 1.29 is 4.79 Å². The second-order valence-corrected chi connectivity index (χ2v) is 2.77. The van der Waals surface area contributed by atoms with Crippen LogP contribution in [-0.2, 0) is 0 Å². The van der Waals surface area contributed by atoms with Gasteiger partial charge in [0.05, 0.1) is 17.3 Å². The molecule has 2 aromatic heterocycles. The van der Waals surface area contributed by atoms with Crippen molar-refractivity contribution in [3.05, 3.63) is 23.8 Å². The van der Waals surface area contributed by atoms with Crippen LogP contribution in [0.3, 0.4) is 0 Å². The van der Waals surface area contributed by atoms with Gasteiger partial charge in [-0.3, -0.25) is 9.78 Å². The molecule has 0 aliphatic rings. The lowest BCUT2D eigenvalue weighted by atomic mass is 10.2. The van der Waals surface area contributed by atoms with Gasteiger partial charge in [0.25, 0.3) is 5.91 Å². The minimum Gasteiger partial charge on any atom is -0.365 e. The van der Waals surface area contributed by atoms with Gasteiger partial charge in [0.1, 0.15) is 11.3 Å². The summed E-state index contributed by atoms with van der Waals surface area (Å²) >= 11 is 0. The monoisotopic (exact) mass is 176 g/mol. The molecule has 0 atom stereocenters. The molecule has 0 bridgehead atoms. The molecule has 0 fully saturated rings. The van der Waals surface area contributed by atoms with E-state index in [1.165, 1.54) is 6.20 Å². The second-order valence-electron chi connectivity index (χ2n) is 2.77. The number of imidazole rings is 1. The zero-order chi connectivity index (χ0) is 9.42. The Morgan fingerprint density at radius 2 is 2.31 bits per heavy atom. The average Bonchev–Trinajstić information content (AvgIpc) is 2.43. The summed E-state index contributed by atoms with van der Waals surface area (Å²) in [6.07, 6.45) is 3.03. The van der Waals surface area contributed by atoms with Gasteiger partial charge < -0.3 is 10.7 Å². The predicted molar refractivity (Wildman–Crippen MR) is 47.1 cm³/mol. The number of nitrogens with one attached hydrogen (secondary N) is 1. The number of aromatic nitrogens is 3. The number of carbonyl (C=O) groups excluding carboxylic acids is 1. The van der Waals surface area contributed by atoms with Crippen molar-refractivity contribution in [3.8, 4) is 0 Å². The van der Waals surface area contributed by atoms with E-state index in [9.17, 15) is 4.79 Å². The Hall–Kier alpha value is -1.91. The number of primary amides is 1. The van der Waals surface area contributed by atoms with Crippen molar-refractivity contribution in [2.45, 2.75) is 6.92 Å². The van der Waals surface area contributed by atoms with Gasteiger partial charge in [-0.15, -0.1) is 0 Å². The maximum atomic E-state index is 11.0. The topological polar surface area (TPSA) is 84.7 Å². The lowest BCUT2D eigenvalue weighted by molar-refractivity contribution is 0.100. The van der Waals surface area contributed by atoms with Crippen LogP contribution in [0, 0.1) is 6.92 Å². The molecule has 66 valence electrons. The van der Waals surface area contributed by atoms with Gasteiger partial charge in [-0.25, -0.2) is 4.98 Å². The molecule has 5 heteroatoms. The molecule has 13 heavy (non-hydrogen) atoms. The van der Waals surface area contributed by atoms with Gasteiger partial charge in [0.15, 0.2) is 0 Å². The van der Waals surface area contributed by atoms with Crippen molar-refractivity contribution >= 4 is 16.9 Å². The molecule has 0 aliphatic carbocycles. The number of amides is 1. The van der Waals surface area contributed by atoms with Gasteiger partial charge in [0.2, 0.25) is 0 Å². The van der Waals surface area contributed by atoms with Crippen LogP contribution < -0.4 is 5.73 Å². The minimum absolute atomic E-state index is 0.349. The summed E-state index contributed by atoms with van der Waals surface area (Å²) in [5, 5.41) is 0. The van der Waals surface area contributed by atoms with Gasteiger partial charge in [-0.1, -0.05) is 0 Å². The van der Waals surface area contributed by atoms with Crippen LogP contribution in [0.25, 0.3) is 11.0 Å². The van der Waals surface area contributed by atoms with Crippen molar-refractivity contribution in [1.29, 1.82) is 0 Å². The third-order valence-corrected chi connectivity index (χ3v) is 1.78. The number of carbonyl (C=O) groups is 1. The first-order valence-corrected chi connectivity index (χ1v) is 3.78. The molecular formula is C8H8N4O. The minimum atomic E-state index is -0.510. The van der Waals surface area contributed by atoms with Crippen LogP contribution in [0.5, 0.6) is 0 Å². The number of nitrogens with two attached hydrogens (primary N) is 1. The van der Waals surface area contributed by atoms with E-state index in [2.05, 4.69) is 15.0 Å².